The lowest BCUT2D eigenvalue weighted by Gasteiger charge is -2.00. The van der Waals surface area contributed by atoms with Crippen LogP contribution in [0.1, 0.15) is 31.4 Å². The summed E-state index contributed by atoms with van der Waals surface area (Å²) in [5.41, 5.74) is 0. The third kappa shape index (κ3) is 1.17. The second-order valence-electron chi connectivity index (χ2n) is 2.80. The van der Waals surface area contributed by atoms with Gasteiger partial charge in [-0.25, -0.2) is 4.98 Å². The van der Waals surface area contributed by atoms with Gasteiger partial charge >= 0.3 is 0 Å². The minimum absolute atomic E-state index is 0.464. The van der Waals surface area contributed by atoms with E-state index in [-0.39, 0.29) is 0 Å². The highest BCUT2D eigenvalue weighted by molar-refractivity contribution is 4.95. The molecule has 0 aromatic carbocycles. The van der Waals surface area contributed by atoms with Crippen molar-refractivity contribution in [2.45, 2.75) is 26.7 Å². The molecule has 1 heterocycles. The summed E-state index contributed by atoms with van der Waals surface area (Å²) in [6.07, 6.45) is 0. The van der Waals surface area contributed by atoms with E-state index < -0.39 is 0 Å². The van der Waals surface area contributed by atoms with E-state index in [1.165, 1.54) is 0 Å². The van der Waals surface area contributed by atoms with E-state index in [9.17, 15) is 0 Å². The van der Waals surface area contributed by atoms with Crippen molar-refractivity contribution in [3.8, 4) is 0 Å². The third-order valence-corrected chi connectivity index (χ3v) is 1.42. The second-order valence-corrected chi connectivity index (χ2v) is 2.80. The Morgan fingerprint density at radius 2 is 2.00 bits per heavy atom. The Balaban J connectivity index is 3.03. The second kappa shape index (κ2) is 2.40. The van der Waals surface area contributed by atoms with Gasteiger partial charge < -0.3 is 0 Å². The number of nitrogens with zero attached hydrogens (tertiary/aromatic N) is 3. The smallest absolute Gasteiger partial charge is 0.147 e. The van der Waals surface area contributed by atoms with Gasteiger partial charge in [0, 0.05) is 13.0 Å². The number of hydrogen-bond donors (Lipinski definition) is 0. The maximum absolute atomic E-state index is 4.26. The minimum Gasteiger partial charge on any atom is -0.253 e. The molecule has 0 bridgehead atoms. The third-order valence-electron chi connectivity index (χ3n) is 1.42. The standard InChI is InChI=1S/C7H13N3/c1-5(2)7-8-6(3)9-10(7)4/h5H,1-4H3. The summed E-state index contributed by atoms with van der Waals surface area (Å²) in [5, 5.41) is 4.14. The molecule has 3 heteroatoms. The summed E-state index contributed by atoms with van der Waals surface area (Å²) >= 11 is 0. The highest BCUT2D eigenvalue weighted by atomic mass is 15.3. The molecule has 0 atom stereocenters. The minimum atomic E-state index is 0.464. The largest absolute Gasteiger partial charge is 0.253 e. The molecule has 0 aliphatic carbocycles. The van der Waals surface area contributed by atoms with Crippen LogP contribution in [0.5, 0.6) is 0 Å². The van der Waals surface area contributed by atoms with E-state index in [1.54, 1.807) is 0 Å². The SMILES string of the molecule is Cc1nc(C(C)C)n(C)n1. The normalized spacial score (nSPS) is 10.9. The Morgan fingerprint density at radius 1 is 1.40 bits per heavy atom. The predicted molar refractivity (Wildman–Crippen MR) is 39.8 cm³/mol. The van der Waals surface area contributed by atoms with Gasteiger partial charge in [-0.2, -0.15) is 5.10 Å². The van der Waals surface area contributed by atoms with Crippen LogP contribution in [0.25, 0.3) is 0 Å². The van der Waals surface area contributed by atoms with Gasteiger partial charge in [0.15, 0.2) is 0 Å². The molecule has 10 heavy (non-hydrogen) atoms. The maximum atomic E-state index is 4.26. The first-order valence-corrected chi connectivity index (χ1v) is 3.49. The zero-order chi connectivity index (χ0) is 7.72. The lowest BCUT2D eigenvalue weighted by molar-refractivity contribution is 0.653. The summed E-state index contributed by atoms with van der Waals surface area (Å²) in [7, 11) is 1.93. The van der Waals surface area contributed by atoms with Crippen molar-refractivity contribution >= 4 is 0 Å². The molecule has 0 amide bonds. The first kappa shape index (κ1) is 7.25. The van der Waals surface area contributed by atoms with E-state index in [0.29, 0.717) is 5.92 Å². The molecule has 0 saturated heterocycles. The van der Waals surface area contributed by atoms with Gasteiger partial charge in [0.25, 0.3) is 0 Å². The molecule has 0 N–H and O–H groups in total. The Morgan fingerprint density at radius 3 is 2.20 bits per heavy atom. The topological polar surface area (TPSA) is 30.7 Å². The molecule has 0 unspecified atom stereocenters. The lowest BCUT2D eigenvalue weighted by Crippen LogP contribution is -2.00. The number of aryl methyl sites for hydroxylation is 2. The summed E-state index contributed by atoms with van der Waals surface area (Å²) in [6.45, 7) is 6.14. The van der Waals surface area contributed by atoms with Crippen LogP contribution in [0, 0.1) is 6.92 Å². The zero-order valence-corrected chi connectivity index (χ0v) is 6.92. The highest BCUT2D eigenvalue weighted by Crippen LogP contribution is 2.09. The number of aromatic nitrogens is 3. The van der Waals surface area contributed by atoms with Crippen LogP contribution in [0.15, 0.2) is 0 Å². The summed E-state index contributed by atoms with van der Waals surface area (Å²) < 4.78 is 1.83. The molecule has 3 nitrogen and oxygen atoms in total. The molecule has 0 aliphatic rings. The first-order valence-electron chi connectivity index (χ1n) is 3.49. The average Bonchev–Trinajstić information content (AvgIpc) is 2.10. The molecular formula is C7H13N3. The van der Waals surface area contributed by atoms with Crippen molar-refractivity contribution in [1.82, 2.24) is 14.8 Å². The number of rotatable bonds is 1. The Bertz CT molecular complexity index is 225. The molecule has 0 fully saturated rings. The molecular weight excluding hydrogens is 126 g/mol. The Labute approximate surface area is 61.1 Å². The zero-order valence-electron chi connectivity index (χ0n) is 6.92. The lowest BCUT2D eigenvalue weighted by atomic mass is 10.2. The Hall–Kier alpha value is -0.860. The van der Waals surface area contributed by atoms with Gasteiger partial charge in [-0.1, -0.05) is 13.8 Å². The quantitative estimate of drug-likeness (QED) is 0.586. The maximum Gasteiger partial charge on any atom is 0.147 e. The molecule has 0 aliphatic heterocycles. The van der Waals surface area contributed by atoms with Crippen LogP contribution in [0.3, 0.4) is 0 Å². The first-order chi connectivity index (χ1) is 4.61. The van der Waals surface area contributed by atoms with Crippen LogP contribution >= 0.6 is 0 Å². The van der Waals surface area contributed by atoms with Crippen molar-refractivity contribution in [2.75, 3.05) is 0 Å². The average molecular weight is 139 g/mol. The summed E-state index contributed by atoms with van der Waals surface area (Å²) in [4.78, 5) is 4.26. The van der Waals surface area contributed by atoms with Crippen LogP contribution in [-0.2, 0) is 7.05 Å². The van der Waals surface area contributed by atoms with Gasteiger partial charge in [-0.15, -0.1) is 0 Å². The molecule has 1 aromatic rings. The molecule has 1 aromatic heterocycles. The van der Waals surface area contributed by atoms with Crippen LogP contribution in [0.2, 0.25) is 0 Å². The molecule has 1 rings (SSSR count). The summed E-state index contributed by atoms with van der Waals surface area (Å²) in [6, 6.07) is 0. The van der Waals surface area contributed by atoms with Gasteiger partial charge in [0.1, 0.15) is 11.6 Å². The van der Waals surface area contributed by atoms with Crippen LogP contribution in [0.4, 0.5) is 0 Å². The van der Waals surface area contributed by atoms with Gasteiger partial charge in [0.05, 0.1) is 0 Å². The van der Waals surface area contributed by atoms with E-state index in [4.69, 9.17) is 0 Å². The van der Waals surface area contributed by atoms with E-state index in [0.717, 1.165) is 11.6 Å². The summed E-state index contributed by atoms with van der Waals surface area (Å²) in [5.74, 6) is 2.37. The van der Waals surface area contributed by atoms with Crippen molar-refractivity contribution in [3.05, 3.63) is 11.6 Å². The molecule has 0 spiro atoms. The van der Waals surface area contributed by atoms with Crippen LogP contribution < -0.4 is 0 Å². The van der Waals surface area contributed by atoms with Crippen molar-refractivity contribution < 1.29 is 0 Å². The Kier molecular flexibility index (Phi) is 1.74. The van der Waals surface area contributed by atoms with E-state index >= 15 is 0 Å². The fourth-order valence-corrected chi connectivity index (χ4v) is 1.03. The van der Waals surface area contributed by atoms with E-state index in [1.807, 2.05) is 18.7 Å². The molecule has 0 radical (unpaired) electrons. The monoisotopic (exact) mass is 139 g/mol. The van der Waals surface area contributed by atoms with Gasteiger partial charge in [0.2, 0.25) is 0 Å². The van der Waals surface area contributed by atoms with E-state index in [2.05, 4.69) is 23.9 Å². The van der Waals surface area contributed by atoms with Gasteiger partial charge in [-0.3, -0.25) is 4.68 Å². The van der Waals surface area contributed by atoms with Gasteiger partial charge in [-0.05, 0) is 6.92 Å². The fourth-order valence-electron chi connectivity index (χ4n) is 1.03. The van der Waals surface area contributed by atoms with Crippen molar-refractivity contribution in [1.29, 1.82) is 0 Å². The number of hydrogen-bond acceptors (Lipinski definition) is 2. The fraction of sp³-hybridized carbons (Fsp3) is 0.714. The van der Waals surface area contributed by atoms with Crippen LogP contribution in [-0.4, -0.2) is 14.8 Å². The molecule has 0 saturated carbocycles. The highest BCUT2D eigenvalue weighted by Gasteiger charge is 2.06. The van der Waals surface area contributed by atoms with Crippen molar-refractivity contribution in [2.24, 2.45) is 7.05 Å². The predicted octanol–water partition coefficient (Wildman–Crippen LogP) is 1.25. The van der Waals surface area contributed by atoms with Crippen molar-refractivity contribution in [3.63, 3.8) is 0 Å². The molecule has 56 valence electrons.